The summed E-state index contributed by atoms with van der Waals surface area (Å²) in [6, 6.07) is 0. The maximum Gasteiger partial charge on any atom is 0.308 e. The molecule has 1 fully saturated rings. The largest absolute Gasteiger partial charge is 0.481 e. The van der Waals surface area contributed by atoms with E-state index >= 15 is 0 Å². The van der Waals surface area contributed by atoms with Crippen molar-refractivity contribution in [2.24, 2.45) is 11.8 Å². The molecule has 68 valence electrons. The molecule has 0 saturated heterocycles. The molecule has 1 aliphatic rings. The molecule has 0 radical (unpaired) electrons. The minimum Gasteiger partial charge on any atom is -0.481 e. The van der Waals surface area contributed by atoms with E-state index in [4.69, 9.17) is 21.8 Å². The molecule has 5 heteroatoms. The van der Waals surface area contributed by atoms with Crippen molar-refractivity contribution in [3.63, 3.8) is 0 Å². The van der Waals surface area contributed by atoms with Gasteiger partial charge in [0, 0.05) is 0 Å². The minimum absolute atomic E-state index is 0.362. The summed E-state index contributed by atoms with van der Waals surface area (Å²) in [4.78, 5) is 21.0. The van der Waals surface area contributed by atoms with Gasteiger partial charge in [-0.15, -0.1) is 11.6 Å². The van der Waals surface area contributed by atoms with Gasteiger partial charge >= 0.3 is 11.9 Å². The minimum atomic E-state index is -1.00. The van der Waals surface area contributed by atoms with E-state index < -0.39 is 29.2 Å². The predicted octanol–water partition coefficient (Wildman–Crippen LogP) is 0.789. The third-order valence-electron chi connectivity index (χ3n) is 2.19. The average Bonchev–Trinajstić information content (AvgIpc) is 2.30. The quantitative estimate of drug-likeness (QED) is 0.635. The van der Waals surface area contributed by atoms with E-state index in [0.717, 1.165) is 0 Å². The van der Waals surface area contributed by atoms with Crippen molar-refractivity contribution >= 4 is 23.5 Å². The monoisotopic (exact) mass is 192 g/mol. The van der Waals surface area contributed by atoms with Crippen LogP contribution >= 0.6 is 11.6 Å². The molecule has 0 bridgehead atoms. The summed E-state index contributed by atoms with van der Waals surface area (Å²) in [6.45, 7) is 0. The van der Waals surface area contributed by atoms with Gasteiger partial charge in [0.15, 0.2) is 0 Å². The molecule has 2 unspecified atom stereocenters. The van der Waals surface area contributed by atoms with Crippen LogP contribution < -0.4 is 0 Å². The highest BCUT2D eigenvalue weighted by Crippen LogP contribution is 2.35. The molecule has 0 spiro atoms. The van der Waals surface area contributed by atoms with E-state index in [2.05, 4.69) is 0 Å². The first-order chi connectivity index (χ1) is 5.54. The molecule has 0 heterocycles. The van der Waals surface area contributed by atoms with Gasteiger partial charge in [0.25, 0.3) is 0 Å². The van der Waals surface area contributed by atoms with Crippen LogP contribution in [0.1, 0.15) is 12.8 Å². The highest BCUT2D eigenvalue weighted by atomic mass is 35.5. The second-order valence-corrected chi connectivity index (χ2v) is 3.42. The fraction of sp³-hybridized carbons (Fsp3) is 0.714. The summed E-state index contributed by atoms with van der Waals surface area (Å²) in [5.74, 6) is -3.40. The molecule has 1 saturated carbocycles. The molecule has 1 rings (SSSR count). The first-order valence-corrected chi connectivity index (χ1v) is 4.07. The van der Waals surface area contributed by atoms with E-state index in [-0.39, 0.29) is 0 Å². The number of carboxylic acids is 2. The van der Waals surface area contributed by atoms with Gasteiger partial charge in [-0.25, -0.2) is 0 Å². The Hall–Kier alpha value is -0.770. The highest BCUT2D eigenvalue weighted by molar-refractivity contribution is 6.23. The van der Waals surface area contributed by atoms with Gasteiger partial charge in [0.2, 0.25) is 0 Å². The Morgan fingerprint density at radius 2 is 1.42 bits per heavy atom. The number of alkyl halides is 1. The zero-order chi connectivity index (χ0) is 9.30. The summed E-state index contributed by atoms with van der Waals surface area (Å²) in [5, 5.41) is 16.4. The van der Waals surface area contributed by atoms with E-state index in [1.807, 2.05) is 0 Å². The fourth-order valence-electron chi connectivity index (χ4n) is 1.48. The van der Waals surface area contributed by atoms with Gasteiger partial charge in [0.05, 0.1) is 17.2 Å². The van der Waals surface area contributed by atoms with Gasteiger partial charge in [-0.2, -0.15) is 0 Å². The van der Waals surface area contributed by atoms with Crippen LogP contribution in [0.2, 0.25) is 0 Å². The molecule has 2 N–H and O–H groups in total. The SMILES string of the molecule is O=C(O)C1CCC(C(=O)O)C1Cl. The number of hydrogen-bond donors (Lipinski definition) is 2. The van der Waals surface area contributed by atoms with E-state index in [1.54, 1.807) is 0 Å². The summed E-state index contributed by atoms with van der Waals surface area (Å²) >= 11 is 5.67. The Morgan fingerprint density at radius 3 is 1.58 bits per heavy atom. The van der Waals surface area contributed by atoms with Gasteiger partial charge in [-0.05, 0) is 12.8 Å². The number of aliphatic carboxylic acids is 2. The fourth-order valence-corrected chi connectivity index (χ4v) is 1.94. The number of hydrogen-bond acceptors (Lipinski definition) is 2. The Balaban J connectivity index is 2.67. The third-order valence-corrected chi connectivity index (χ3v) is 2.80. The number of carboxylic acid groups (broad SMARTS) is 2. The number of rotatable bonds is 2. The van der Waals surface area contributed by atoms with Crippen molar-refractivity contribution in [3.05, 3.63) is 0 Å². The predicted molar refractivity (Wildman–Crippen MR) is 41.1 cm³/mol. The lowest BCUT2D eigenvalue weighted by Gasteiger charge is -2.11. The zero-order valence-electron chi connectivity index (χ0n) is 6.24. The Morgan fingerprint density at radius 1 is 1.08 bits per heavy atom. The van der Waals surface area contributed by atoms with E-state index in [1.165, 1.54) is 0 Å². The van der Waals surface area contributed by atoms with Crippen molar-refractivity contribution < 1.29 is 19.8 Å². The molecule has 0 aromatic carbocycles. The molecule has 0 amide bonds. The van der Waals surface area contributed by atoms with Gasteiger partial charge in [0.1, 0.15) is 0 Å². The van der Waals surface area contributed by atoms with Crippen LogP contribution in [-0.2, 0) is 9.59 Å². The molecule has 2 atom stereocenters. The lowest BCUT2D eigenvalue weighted by molar-refractivity contribution is -0.142. The molecular formula is C7H9ClO4. The molecule has 1 aliphatic carbocycles. The number of carbonyl (C=O) groups is 2. The first-order valence-electron chi connectivity index (χ1n) is 3.63. The van der Waals surface area contributed by atoms with Crippen LogP contribution in [0.15, 0.2) is 0 Å². The Kier molecular flexibility index (Phi) is 2.57. The molecule has 4 nitrogen and oxygen atoms in total. The topological polar surface area (TPSA) is 74.6 Å². The van der Waals surface area contributed by atoms with Crippen LogP contribution in [0.4, 0.5) is 0 Å². The van der Waals surface area contributed by atoms with Crippen molar-refractivity contribution in [1.29, 1.82) is 0 Å². The normalized spacial score (nSPS) is 34.9. The lowest BCUT2D eigenvalue weighted by Crippen LogP contribution is -2.26. The summed E-state index contributed by atoms with van der Waals surface area (Å²) in [7, 11) is 0. The Bertz CT molecular complexity index is 193. The van der Waals surface area contributed by atoms with Crippen LogP contribution in [0.5, 0.6) is 0 Å². The van der Waals surface area contributed by atoms with Gasteiger partial charge in [-0.1, -0.05) is 0 Å². The van der Waals surface area contributed by atoms with Crippen molar-refractivity contribution in [3.8, 4) is 0 Å². The van der Waals surface area contributed by atoms with Gasteiger partial charge in [-0.3, -0.25) is 9.59 Å². The van der Waals surface area contributed by atoms with Crippen molar-refractivity contribution in [2.45, 2.75) is 18.2 Å². The lowest BCUT2D eigenvalue weighted by atomic mass is 10.0. The molecule has 12 heavy (non-hydrogen) atoms. The summed E-state index contributed by atoms with van der Waals surface area (Å²) < 4.78 is 0. The summed E-state index contributed by atoms with van der Waals surface area (Å²) in [6.07, 6.45) is 0.723. The molecule has 0 aromatic rings. The van der Waals surface area contributed by atoms with Crippen molar-refractivity contribution in [1.82, 2.24) is 0 Å². The van der Waals surface area contributed by atoms with E-state index in [0.29, 0.717) is 12.8 Å². The van der Waals surface area contributed by atoms with Gasteiger partial charge < -0.3 is 10.2 Å². The first kappa shape index (κ1) is 9.32. The molecule has 0 aromatic heterocycles. The van der Waals surface area contributed by atoms with E-state index in [9.17, 15) is 9.59 Å². The second kappa shape index (κ2) is 3.31. The zero-order valence-corrected chi connectivity index (χ0v) is 6.99. The average molecular weight is 193 g/mol. The van der Waals surface area contributed by atoms with Crippen LogP contribution in [0, 0.1) is 11.8 Å². The molecular weight excluding hydrogens is 184 g/mol. The van der Waals surface area contributed by atoms with Crippen LogP contribution in [-0.4, -0.2) is 27.5 Å². The highest BCUT2D eigenvalue weighted by Gasteiger charge is 2.42. The second-order valence-electron chi connectivity index (χ2n) is 2.91. The van der Waals surface area contributed by atoms with Crippen LogP contribution in [0.25, 0.3) is 0 Å². The van der Waals surface area contributed by atoms with Crippen molar-refractivity contribution in [2.75, 3.05) is 0 Å². The third kappa shape index (κ3) is 1.53. The standard InChI is InChI=1S/C7H9ClO4/c8-5-3(6(9)10)1-2-4(5)7(11)12/h3-5H,1-2H2,(H,9,10)(H,11,12). The maximum atomic E-state index is 10.5. The number of halogens is 1. The summed E-state index contributed by atoms with van der Waals surface area (Å²) in [5.41, 5.74) is 0. The molecule has 0 aliphatic heterocycles. The smallest absolute Gasteiger partial charge is 0.308 e. The Labute approximate surface area is 74.1 Å². The maximum absolute atomic E-state index is 10.5. The van der Waals surface area contributed by atoms with Crippen LogP contribution in [0.3, 0.4) is 0 Å².